The Hall–Kier alpha value is -1.39. The first-order chi connectivity index (χ1) is 7.27. The van der Waals surface area contributed by atoms with Gasteiger partial charge in [0.2, 0.25) is 5.89 Å². The number of hydrogen-bond donors (Lipinski definition) is 0. The third kappa shape index (κ3) is 3.69. The highest BCUT2D eigenvalue weighted by Gasteiger charge is 2.15. The van der Waals surface area contributed by atoms with E-state index in [4.69, 9.17) is 9.15 Å². The average molecular weight is 212 g/mol. The lowest BCUT2D eigenvalue weighted by Crippen LogP contribution is -2.04. The lowest BCUT2D eigenvalue weighted by Gasteiger charge is -1.95. The molecule has 1 heterocycles. The number of esters is 1. The minimum atomic E-state index is -0.549. The number of hydrogen-bond acceptors (Lipinski definition) is 5. The van der Waals surface area contributed by atoms with E-state index in [0.29, 0.717) is 12.5 Å². The highest BCUT2D eigenvalue weighted by atomic mass is 16.5. The van der Waals surface area contributed by atoms with Gasteiger partial charge in [0.15, 0.2) is 0 Å². The Labute approximate surface area is 88.8 Å². The summed E-state index contributed by atoms with van der Waals surface area (Å²) in [6.07, 6.45) is 3.98. The highest BCUT2D eigenvalue weighted by Crippen LogP contribution is 2.06. The molecule has 0 fully saturated rings. The van der Waals surface area contributed by atoms with E-state index in [0.717, 1.165) is 25.7 Å². The van der Waals surface area contributed by atoms with Gasteiger partial charge in [-0.25, -0.2) is 4.79 Å². The van der Waals surface area contributed by atoms with Crippen LogP contribution in [0.15, 0.2) is 4.42 Å². The maximum atomic E-state index is 11.2. The molecular formula is C10H16N2O3. The van der Waals surface area contributed by atoms with Gasteiger partial charge >= 0.3 is 11.9 Å². The van der Waals surface area contributed by atoms with Crippen LogP contribution in [0, 0.1) is 0 Å². The van der Waals surface area contributed by atoms with Gasteiger partial charge in [-0.1, -0.05) is 19.8 Å². The molecule has 0 atom stereocenters. The van der Waals surface area contributed by atoms with Crippen molar-refractivity contribution in [2.75, 3.05) is 6.61 Å². The van der Waals surface area contributed by atoms with Crippen molar-refractivity contribution in [2.24, 2.45) is 0 Å². The van der Waals surface area contributed by atoms with Crippen molar-refractivity contribution >= 4 is 5.97 Å². The molecule has 0 aromatic carbocycles. The van der Waals surface area contributed by atoms with Crippen LogP contribution < -0.4 is 0 Å². The minimum absolute atomic E-state index is 0.0525. The van der Waals surface area contributed by atoms with E-state index in [2.05, 4.69) is 17.1 Å². The topological polar surface area (TPSA) is 65.2 Å². The van der Waals surface area contributed by atoms with Gasteiger partial charge in [-0.2, -0.15) is 0 Å². The molecule has 1 rings (SSSR count). The van der Waals surface area contributed by atoms with E-state index < -0.39 is 5.97 Å². The fourth-order valence-electron chi connectivity index (χ4n) is 1.16. The van der Waals surface area contributed by atoms with Gasteiger partial charge in [0.1, 0.15) is 0 Å². The number of unbranched alkanes of at least 4 members (excludes halogenated alkanes) is 2. The summed E-state index contributed by atoms with van der Waals surface area (Å²) < 4.78 is 9.88. The Kier molecular flexibility index (Phi) is 4.80. The first-order valence-corrected chi connectivity index (χ1v) is 5.27. The molecule has 0 N–H and O–H groups in total. The van der Waals surface area contributed by atoms with Crippen molar-refractivity contribution in [3.63, 3.8) is 0 Å². The van der Waals surface area contributed by atoms with Crippen molar-refractivity contribution in [1.29, 1.82) is 0 Å². The first kappa shape index (κ1) is 11.7. The molecule has 0 aliphatic rings. The summed E-state index contributed by atoms with van der Waals surface area (Å²) in [6, 6.07) is 0. The molecular weight excluding hydrogens is 196 g/mol. The van der Waals surface area contributed by atoms with Crippen LogP contribution in [-0.2, 0) is 11.2 Å². The molecule has 0 aliphatic heterocycles. The Morgan fingerprint density at radius 2 is 2.13 bits per heavy atom. The summed E-state index contributed by atoms with van der Waals surface area (Å²) in [7, 11) is 0. The van der Waals surface area contributed by atoms with Crippen LogP contribution in [-0.4, -0.2) is 22.8 Å². The van der Waals surface area contributed by atoms with Gasteiger partial charge in [0, 0.05) is 6.42 Å². The van der Waals surface area contributed by atoms with Gasteiger partial charge in [-0.3, -0.25) is 0 Å². The van der Waals surface area contributed by atoms with E-state index >= 15 is 0 Å². The molecule has 0 saturated carbocycles. The second-order valence-electron chi connectivity index (χ2n) is 3.18. The number of nitrogens with zero attached hydrogens (tertiary/aromatic N) is 2. The smallest absolute Gasteiger partial charge is 0.396 e. The number of aryl methyl sites for hydroxylation is 1. The zero-order chi connectivity index (χ0) is 11.1. The number of carbonyl (C=O) groups is 1. The van der Waals surface area contributed by atoms with Crippen LogP contribution in [0.2, 0.25) is 0 Å². The molecule has 5 nitrogen and oxygen atoms in total. The number of carbonyl (C=O) groups excluding carboxylic acids is 1. The number of aromatic nitrogens is 2. The van der Waals surface area contributed by atoms with Gasteiger partial charge in [-0.05, 0) is 13.3 Å². The predicted octanol–water partition coefficient (Wildman–Crippen LogP) is 1.98. The first-order valence-electron chi connectivity index (χ1n) is 5.27. The fraction of sp³-hybridized carbons (Fsp3) is 0.700. The molecule has 15 heavy (non-hydrogen) atoms. The third-order valence-electron chi connectivity index (χ3n) is 1.91. The molecule has 1 aromatic heterocycles. The van der Waals surface area contributed by atoms with Crippen LogP contribution in [0.4, 0.5) is 0 Å². The molecule has 0 bridgehead atoms. The van der Waals surface area contributed by atoms with Crippen molar-refractivity contribution in [3.8, 4) is 0 Å². The summed E-state index contributed by atoms with van der Waals surface area (Å²) >= 11 is 0. The SMILES string of the molecule is CCCCCc1nnc(C(=O)OCC)o1. The summed E-state index contributed by atoms with van der Waals surface area (Å²) in [5, 5.41) is 7.40. The Balaban J connectivity index is 2.45. The lowest BCUT2D eigenvalue weighted by molar-refractivity contribution is 0.0478. The van der Waals surface area contributed by atoms with E-state index in [-0.39, 0.29) is 5.89 Å². The van der Waals surface area contributed by atoms with Crippen molar-refractivity contribution < 1.29 is 13.9 Å². The molecule has 0 amide bonds. The predicted molar refractivity (Wildman–Crippen MR) is 53.5 cm³/mol. The second kappa shape index (κ2) is 6.16. The third-order valence-corrected chi connectivity index (χ3v) is 1.91. The van der Waals surface area contributed by atoms with E-state index in [1.54, 1.807) is 6.92 Å². The Bertz CT molecular complexity index is 309. The van der Waals surface area contributed by atoms with Crippen LogP contribution in [0.25, 0.3) is 0 Å². The summed E-state index contributed by atoms with van der Waals surface area (Å²) in [5.74, 6) is -0.0957. The Morgan fingerprint density at radius 3 is 2.80 bits per heavy atom. The number of ether oxygens (including phenoxy) is 1. The quantitative estimate of drug-likeness (QED) is 0.533. The lowest BCUT2D eigenvalue weighted by atomic mass is 10.2. The molecule has 0 aliphatic carbocycles. The molecule has 0 spiro atoms. The normalized spacial score (nSPS) is 10.3. The van der Waals surface area contributed by atoms with Crippen LogP contribution in [0.5, 0.6) is 0 Å². The van der Waals surface area contributed by atoms with E-state index in [9.17, 15) is 4.79 Å². The highest BCUT2D eigenvalue weighted by molar-refractivity contribution is 5.83. The van der Waals surface area contributed by atoms with Crippen LogP contribution in [0.1, 0.15) is 49.7 Å². The fourth-order valence-corrected chi connectivity index (χ4v) is 1.16. The maximum absolute atomic E-state index is 11.2. The standard InChI is InChI=1S/C10H16N2O3/c1-3-5-6-7-8-11-12-9(15-8)10(13)14-4-2/h3-7H2,1-2H3. The summed E-state index contributed by atoms with van der Waals surface area (Å²) in [6.45, 7) is 4.17. The van der Waals surface area contributed by atoms with Gasteiger partial charge < -0.3 is 9.15 Å². The average Bonchev–Trinajstić information content (AvgIpc) is 2.67. The van der Waals surface area contributed by atoms with Crippen molar-refractivity contribution in [3.05, 3.63) is 11.8 Å². The van der Waals surface area contributed by atoms with E-state index in [1.807, 2.05) is 0 Å². The van der Waals surface area contributed by atoms with Gasteiger partial charge in [0.05, 0.1) is 6.61 Å². The van der Waals surface area contributed by atoms with Crippen LogP contribution >= 0.6 is 0 Å². The van der Waals surface area contributed by atoms with Crippen molar-refractivity contribution in [2.45, 2.75) is 39.5 Å². The van der Waals surface area contributed by atoms with Gasteiger partial charge in [0.25, 0.3) is 0 Å². The van der Waals surface area contributed by atoms with E-state index in [1.165, 1.54) is 0 Å². The largest absolute Gasteiger partial charge is 0.459 e. The zero-order valence-electron chi connectivity index (χ0n) is 9.15. The molecule has 0 saturated heterocycles. The molecule has 0 unspecified atom stereocenters. The molecule has 5 heteroatoms. The number of rotatable bonds is 6. The molecule has 0 radical (unpaired) electrons. The maximum Gasteiger partial charge on any atom is 0.396 e. The van der Waals surface area contributed by atoms with Crippen LogP contribution in [0.3, 0.4) is 0 Å². The molecule has 1 aromatic rings. The zero-order valence-corrected chi connectivity index (χ0v) is 9.15. The monoisotopic (exact) mass is 212 g/mol. The van der Waals surface area contributed by atoms with Gasteiger partial charge in [-0.15, -0.1) is 10.2 Å². The minimum Gasteiger partial charge on any atom is -0.459 e. The summed E-state index contributed by atoms with van der Waals surface area (Å²) in [5.41, 5.74) is 0. The van der Waals surface area contributed by atoms with Crippen molar-refractivity contribution in [1.82, 2.24) is 10.2 Å². The Morgan fingerprint density at radius 1 is 1.33 bits per heavy atom. The molecule has 84 valence electrons. The summed E-state index contributed by atoms with van der Waals surface area (Å²) in [4.78, 5) is 11.2. The second-order valence-corrected chi connectivity index (χ2v) is 3.18.